The highest BCUT2D eigenvalue weighted by atomic mass is 19.3. The fourth-order valence-corrected chi connectivity index (χ4v) is 1.21. The van der Waals surface area contributed by atoms with E-state index in [9.17, 15) is 8.78 Å². The van der Waals surface area contributed by atoms with Crippen LogP contribution in [0.15, 0.2) is 12.3 Å². The highest BCUT2D eigenvalue weighted by Gasteiger charge is 2.25. The number of rotatable bonds is 4. The molecule has 0 aromatic carbocycles. The van der Waals surface area contributed by atoms with E-state index in [4.69, 9.17) is 15.2 Å². The summed E-state index contributed by atoms with van der Waals surface area (Å²) in [6.07, 6.45) is -1.30. The fraction of sp³-hybridized carbons (Fsp3) is 0.444. The molecule has 0 fully saturated rings. The molecule has 1 aromatic rings. The van der Waals surface area contributed by atoms with Crippen LogP contribution in [-0.4, -0.2) is 25.6 Å². The molecule has 15 heavy (non-hydrogen) atoms. The molecule has 1 unspecified atom stereocenters. The van der Waals surface area contributed by atoms with Crippen molar-refractivity contribution in [2.45, 2.75) is 12.5 Å². The smallest absolute Gasteiger partial charge is 0.257 e. The predicted molar refractivity (Wildman–Crippen MR) is 50.3 cm³/mol. The zero-order valence-electron chi connectivity index (χ0n) is 8.41. The van der Waals surface area contributed by atoms with Crippen LogP contribution < -0.4 is 15.2 Å². The predicted octanol–water partition coefficient (Wildman–Crippen LogP) is 1.36. The molecule has 0 saturated carbocycles. The van der Waals surface area contributed by atoms with Crippen LogP contribution in [0.5, 0.6) is 11.6 Å². The van der Waals surface area contributed by atoms with Crippen LogP contribution >= 0.6 is 0 Å². The second-order valence-electron chi connectivity index (χ2n) is 2.80. The zero-order valence-corrected chi connectivity index (χ0v) is 8.41. The zero-order chi connectivity index (χ0) is 11.4. The van der Waals surface area contributed by atoms with Gasteiger partial charge in [0.05, 0.1) is 19.8 Å². The largest absolute Gasteiger partial charge is 0.496 e. The summed E-state index contributed by atoms with van der Waals surface area (Å²) in [5.74, 6) is 0.303. The maximum absolute atomic E-state index is 12.5. The second-order valence-corrected chi connectivity index (χ2v) is 2.80. The molecule has 1 aromatic heterocycles. The molecule has 4 nitrogen and oxygen atoms in total. The minimum absolute atomic E-state index is 0.0575. The first-order valence-electron chi connectivity index (χ1n) is 4.22. The Hall–Kier alpha value is -1.43. The van der Waals surface area contributed by atoms with E-state index in [1.54, 1.807) is 0 Å². The molecular formula is C9H12F2N2O2. The second kappa shape index (κ2) is 4.88. The van der Waals surface area contributed by atoms with Gasteiger partial charge in [0.2, 0.25) is 5.88 Å². The normalized spacial score (nSPS) is 12.7. The number of hydrogen-bond acceptors (Lipinski definition) is 4. The summed E-state index contributed by atoms with van der Waals surface area (Å²) in [5.41, 5.74) is 5.42. The fourth-order valence-electron chi connectivity index (χ4n) is 1.21. The van der Waals surface area contributed by atoms with Crippen molar-refractivity contribution in [1.82, 2.24) is 4.98 Å². The van der Waals surface area contributed by atoms with Gasteiger partial charge in [0.25, 0.3) is 6.43 Å². The molecule has 0 spiro atoms. The van der Waals surface area contributed by atoms with Gasteiger partial charge < -0.3 is 15.2 Å². The average Bonchev–Trinajstić information content (AvgIpc) is 2.26. The van der Waals surface area contributed by atoms with Gasteiger partial charge in [-0.1, -0.05) is 0 Å². The third-order valence-corrected chi connectivity index (χ3v) is 1.93. The van der Waals surface area contributed by atoms with E-state index >= 15 is 0 Å². The van der Waals surface area contributed by atoms with Crippen molar-refractivity contribution in [2.24, 2.45) is 5.73 Å². The maximum Gasteiger partial charge on any atom is 0.257 e. The van der Waals surface area contributed by atoms with Crippen molar-refractivity contribution in [2.75, 3.05) is 14.2 Å². The van der Waals surface area contributed by atoms with Gasteiger partial charge in [-0.25, -0.2) is 13.8 Å². The Labute approximate surface area is 86.0 Å². The van der Waals surface area contributed by atoms with Crippen molar-refractivity contribution < 1.29 is 18.3 Å². The third-order valence-electron chi connectivity index (χ3n) is 1.93. The lowest BCUT2D eigenvalue weighted by molar-refractivity contribution is 0.113. The Morgan fingerprint density at radius 2 is 2.00 bits per heavy atom. The summed E-state index contributed by atoms with van der Waals surface area (Å²) in [6, 6.07) is -0.0105. The van der Waals surface area contributed by atoms with Gasteiger partial charge in [-0.3, -0.25) is 0 Å². The third kappa shape index (κ3) is 2.33. The topological polar surface area (TPSA) is 57.4 Å². The highest BCUT2D eigenvalue weighted by Crippen LogP contribution is 2.33. The molecule has 2 N–H and O–H groups in total. The van der Waals surface area contributed by atoms with Crippen LogP contribution in [-0.2, 0) is 0 Å². The van der Waals surface area contributed by atoms with E-state index < -0.39 is 12.5 Å². The molecule has 0 amide bonds. The molecule has 1 rings (SSSR count). The van der Waals surface area contributed by atoms with Gasteiger partial charge in [-0.15, -0.1) is 0 Å². The number of alkyl halides is 2. The Morgan fingerprint density at radius 1 is 1.33 bits per heavy atom. The molecule has 0 aliphatic heterocycles. The first-order valence-corrected chi connectivity index (χ1v) is 4.22. The monoisotopic (exact) mass is 218 g/mol. The molecule has 1 heterocycles. The van der Waals surface area contributed by atoms with E-state index in [1.165, 1.54) is 26.5 Å². The summed E-state index contributed by atoms with van der Waals surface area (Å²) in [7, 11) is 2.71. The number of nitrogens with zero attached hydrogens (tertiary/aromatic N) is 1. The molecule has 0 radical (unpaired) electrons. The van der Waals surface area contributed by atoms with Crippen LogP contribution in [0.2, 0.25) is 0 Å². The first kappa shape index (κ1) is 11.6. The number of hydrogen-bond donors (Lipinski definition) is 1. The lowest BCUT2D eigenvalue weighted by atomic mass is 10.1. The number of nitrogens with two attached hydrogens (primary N) is 1. The number of methoxy groups -OCH3 is 2. The van der Waals surface area contributed by atoms with E-state index in [1.807, 2.05) is 0 Å². The summed E-state index contributed by atoms with van der Waals surface area (Å²) in [5, 5.41) is 0. The summed E-state index contributed by atoms with van der Waals surface area (Å²) < 4.78 is 34.7. The number of ether oxygens (including phenoxy) is 2. The molecular weight excluding hydrogens is 206 g/mol. The Bertz CT molecular complexity index is 312. The molecule has 1 atom stereocenters. The van der Waals surface area contributed by atoms with Crippen LogP contribution in [0.4, 0.5) is 8.78 Å². The van der Waals surface area contributed by atoms with Crippen LogP contribution in [0, 0.1) is 0 Å². The Kier molecular flexibility index (Phi) is 3.79. The summed E-state index contributed by atoms with van der Waals surface area (Å²) in [6.45, 7) is 0. The molecule has 6 heteroatoms. The minimum Gasteiger partial charge on any atom is -0.496 e. The summed E-state index contributed by atoms with van der Waals surface area (Å²) >= 11 is 0. The van der Waals surface area contributed by atoms with E-state index in [0.29, 0.717) is 0 Å². The van der Waals surface area contributed by atoms with Gasteiger partial charge in [0, 0.05) is 6.20 Å². The molecule has 84 valence electrons. The number of aromatic nitrogens is 1. The van der Waals surface area contributed by atoms with Crippen LogP contribution in [0.1, 0.15) is 11.6 Å². The van der Waals surface area contributed by atoms with Crippen molar-refractivity contribution in [3.05, 3.63) is 17.8 Å². The van der Waals surface area contributed by atoms with Crippen molar-refractivity contribution in [1.29, 1.82) is 0 Å². The number of pyridine rings is 1. The summed E-state index contributed by atoms with van der Waals surface area (Å²) in [4.78, 5) is 3.79. The Balaban J connectivity index is 3.21. The van der Waals surface area contributed by atoms with E-state index in [2.05, 4.69) is 4.98 Å². The molecule has 0 aliphatic rings. The first-order chi connectivity index (χ1) is 7.11. The van der Waals surface area contributed by atoms with Crippen LogP contribution in [0.25, 0.3) is 0 Å². The van der Waals surface area contributed by atoms with Crippen LogP contribution in [0.3, 0.4) is 0 Å². The lowest BCUT2D eigenvalue weighted by Gasteiger charge is -2.16. The minimum atomic E-state index is -2.70. The maximum atomic E-state index is 12.5. The van der Waals surface area contributed by atoms with Gasteiger partial charge in [0.15, 0.2) is 0 Å². The standard InChI is InChI=1S/C9H12F2N2O2/c1-14-5-3-4-13-9(15-2)6(5)7(12)8(10)11/h3-4,7-8H,12H2,1-2H3. The van der Waals surface area contributed by atoms with Crippen molar-refractivity contribution in [3.8, 4) is 11.6 Å². The Morgan fingerprint density at radius 3 is 2.47 bits per heavy atom. The SMILES string of the molecule is COc1ccnc(OC)c1C(N)C(F)F. The van der Waals surface area contributed by atoms with Gasteiger partial charge in [-0.05, 0) is 6.07 Å². The quantitative estimate of drug-likeness (QED) is 0.829. The van der Waals surface area contributed by atoms with Gasteiger partial charge >= 0.3 is 0 Å². The number of halogens is 2. The average molecular weight is 218 g/mol. The van der Waals surface area contributed by atoms with Gasteiger partial charge in [-0.2, -0.15) is 0 Å². The molecule has 0 saturated heterocycles. The molecule has 0 bridgehead atoms. The van der Waals surface area contributed by atoms with E-state index in [-0.39, 0.29) is 17.2 Å². The molecule has 0 aliphatic carbocycles. The highest BCUT2D eigenvalue weighted by molar-refractivity contribution is 5.42. The lowest BCUT2D eigenvalue weighted by Crippen LogP contribution is -2.21. The van der Waals surface area contributed by atoms with Gasteiger partial charge in [0.1, 0.15) is 11.8 Å². The van der Waals surface area contributed by atoms with Crippen molar-refractivity contribution >= 4 is 0 Å². The van der Waals surface area contributed by atoms with Crippen molar-refractivity contribution in [3.63, 3.8) is 0 Å². The van der Waals surface area contributed by atoms with E-state index in [0.717, 1.165) is 0 Å².